The molecule has 1 aliphatic rings. The molecule has 0 aromatic rings. The van der Waals surface area contributed by atoms with Crippen LogP contribution in [0.5, 0.6) is 0 Å². The molecule has 1 atom stereocenters. The van der Waals surface area contributed by atoms with Crippen molar-refractivity contribution >= 4 is 30.0 Å². The molecule has 6 heteroatoms. The Morgan fingerprint density at radius 3 is 3.13 bits per heavy atom. The van der Waals surface area contributed by atoms with Crippen LogP contribution in [0.25, 0.3) is 0 Å². The highest BCUT2D eigenvalue weighted by molar-refractivity contribution is 7.96. The zero-order chi connectivity index (χ0) is 11.3. The average molecular weight is 228 g/mol. The van der Waals surface area contributed by atoms with E-state index in [0.717, 1.165) is 0 Å². The van der Waals surface area contributed by atoms with Crippen LogP contribution in [0.15, 0.2) is 22.7 Å². The Kier molecular flexibility index (Phi) is 4.05. The predicted molar refractivity (Wildman–Crippen MR) is 61.9 cm³/mol. The molecule has 0 saturated carbocycles. The number of carbonyl (C=O) groups excluding carboxylic acids is 1. The second kappa shape index (κ2) is 5.09. The minimum Gasteiger partial charge on any atom is -0.232 e. The smallest absolute Gasteiger partial charge is 0.232 e. The van der Waals surface area contributed by atoms with Gasteiger partial charge in [-0.05, 0) is 12.0 Å². The first kappa shape index (κ1) is 11.9. The van der Waals surface area contributed by atoms with Crippen LogP contribution in [0.3, 0.4) is 0 Å². The summed E-state index contributed by atoms with van der Waals surface area (Å²) < 4.78 is -0.231. The Morgan fingerprint density at radius 1 is 1.87 bits per heavy atom. The fraction of sp³-hybridized carbons (Fsp3) is 0.444. The lowest BCUT2D eigenvalue weighted by atomic mass is 10.4. The van der Waals surface area contributed by atoms with Crippen LogP contribution < -0.4 is 0 Å². The summed E-state index contributed by atoms with van der Waals surface area (Å²) in [5.41, 5.74) is 0. The van der Waals surface area contributed by atoms with Gasteiger partial charge in [0.15, 0.2) is 6.54 Å². The molecule has 0 spiro atoms. The van der Waals surface area contributed by atoms with Crippen molar-refractivity contribution in [2.75, 3.05) is 13.1 Å². The maximum atomic E-state index is 10.9. The first-order valence-electron chi connectivity index (χ1n) is 4.60. The molecule has 0 radical (unpaired) electrons. The van der Waals surface area contributed by atoms with Gasteiger partial charge < -0.3 is 0 Å². The van der Waals surface area contributed by atoms with Crippen molar-refractivity contribution in [2.45, 2.75) is 13.3 Å². The number of hydroxylamine groups is 2. The zero-order valence-corrected chi connectivity index (χ0v) is 9.48. The number of aliphatic imine (C=N–C) groups is 1. The van der Waals surface area contributed by atoms with Crippen LogP contribution >= 0.6 is 12.6 Å². The Morgan fingerprint density at radius 2 is 2.60 bits per heavy atom. The van der Waals surface area contributed by atoms with Gasteiger partial charge in [0, 0.05) is 4.76 Å². The number of rotatable bonds is 4. The summed E-state index contributed by atoms with van der Waals surface area (Å²) in [6, 6.07) is 0. The van der Waals surface area contributed by atoms with E-state index in [1.165, 1.54) is 0 Å². The quantitative estimate of drug-likeness (QED) is 0.345. The van der Waals surface area contributed by atoms with Gasteiger partial charge in [-0.1, -0.05) is 18.7 Å². The molecule has 5 nitrogen and oxygen atoms in total. The summed E-state index contributed by atoms with van der Waals surface area (Å²) in [6.07, 6.45) is 3.83. The van der Waals surface area contributed by atoms with Crippen molar-refractivity contribution in [1.29, 1.82) is 0 Å². The number of hydrogen-bond donors (Lipinski definition) is 1. The van der Waals surface area contributed by atoms with Crippen molar-refractivity contribution < 1.29 is 14.4 Å². The molecule has 0 aromatic heterocycles. The summed E-state index contributed by atoms with van der Waals surface area (Å²) >= 11 is 3.60. The van der Waals surface area contributed by atoms with Gasteiger partial charge in [0.2, 0.25) is 0 Å². The van der Waals surface area contributed by atoms with Gasteiger partial charge in [0.25, 0.3) is 5.84 Å². The van der Waals surface area contributed by atoms with Crippen molar-refractivity contribution in [1.82, 2.24) is 0 Å². The Hall–Kier alpha value is -1.14. The van der Waals surface area contributed by atoms with Crippen LogP contribution in [0.1, 0.15) is 13.3 Å². The van der Waals surface area contributed by atoms with E-state index in [9.17, 15) is 4.79 Å². The van der Waals surface area contributed by atoms with Crippen molar-refractivity contribution in [3.8, 4) is 0 Å². The number of hydrogen-bond acceptors (Lipinski definition) is 4. The molecule has 0 bridgehead atoms. The molecule has 0 N–H and O–H groups in total. The van der Waals surface area contributed by atoms with E-state index in [1.54, 1.807) is 19.2 Å². The van der Waals surface area contributed by atoms with Gasteiger partial charge in [0.05, 0.1) is 12.6 Å². The lowest BCUT2D eigenvalue weighted by Gasteiger charge is -2.22. The Labute approximate surface area is 94.1 Å². The molecule has 1 heterocycles. The number of thiol groups is 1. The van der Waals surface area contributed by atoms with Crippen LogP contribution in [-0.2, 0) is 4.84 Å². The van der Waals surface area contributed by atoms with E-state index in [-0.39, 0.29) is 4.76 Å². The maximum absolute atomic E-state index is 10.9. The summed E-state index contributed by atoms with van der Waals surface area (Å²) in [5.74, 6) is 0.672. The highest BCUT2D eigenvalue weighted by Gasteiger charge is 2.43. The summed E-state index contributed by atoms with van der Waals surface area (Å²) in [7, 11) is 0. The second-order valence-electron chi connectivity index (χ2n) is 2.95. The van der Waals surface area contributed by atoms with E-state index in [1.807, 2.05) is 0 Å². The summed E-state index contributed by atoms with van der Waals surface area (Å²) in [6.45, 7) is 6.49. The van der Waals surface area contributed by atoms with Gasteiger partial charge >= 0.3 is 5.30 Å². The van der Waals surface area contributed by atoms with Crippen LogP contribution in [0.4, 0.5) is 4.79 Å². The highest BCUT2D eigenvalue weighted by Crippen LogP contribution is 2.21. The molecule has 15 heavy (non-hydrogen) atoms. The molecule has 0 aliphatic carbocycles. The maximum Gasteiger partial charge on any atom is 0.426 e. The number of carbonyl (C=O) groups is 1. The van der Waals surface area contributed by atoms with Gasteiger partial charge in [-0.2, -0.15) is 0 Å². The Bertz CT molecular complexity index is 327. The molecular weight excluding hydrogens is 214 g/mol. The molecule has 0 aromatic carbocycles. The average Bonchev–Trinajstić information content (AvgIpc) is 2.49. The second-order valence-corrected chi connectivity index (χ2v) is 3.31. The molecule has 0 saturated heterocycles. The lowest BCUT2D eigenvalue weighted by Crippen LogP contribution is -2.46. The lowest BCUT2D eigenvalue weighted by molar-refractivity contribution is -1.02. The summed E-state index contributed by atoms with van der Waals surface area (Å²) in [5, 5.41) is 3.47. The monoisotopic (exact) mass is 228 g/mol. The fourth-order valence-corrected chi connectivity index (χ4v) is 1.59. The van der Waals surface area contributed by atoms with Gasteiger partial charge in [0.1, 0.15) is 6.54 Å². The summed E-state index contributed by atoms with van der Waals surface area (Å²) in [4.78, 5) is 20.2. The molecule has 1 rings (SSSR count). The normalized spacial score (nSPS) is 25.3. The highest BCUT2D eigenvalue weighted by atomic mass is 32.1. The minimum atomic E-state index is -0.667. The van der Waals surface area contributed by atoms with E-state index in [2.05, 4.69) is 29.3 Å². The topological polar surface area (TPSA) is 51.0 Å². The van der Waals surface area contributed by atoms with Crippen molar-refractivity contribution in [3.05, 3.63) is 12.7 Å². The number of quaternary nitrogens is 1. The minimum absolute atomic E-state index is 0.231. The van der Waals surface area contributed by atoms with Crippen molar-refractivity contribution in [2.24, 2.45) is 10.1 Å². The third-order valence-corrected chi connectivity index (χ3v) is 2.04. The molecule has 0 amide bonds. The van der Waals surface area contributed by atoms with E-state index in [4.69, 9.17) is 4.84 Å². The van der Waals surface area contributed by atoms with Crippen molar-refractivity contribution in [3.63, 3.8) is 0 Å². The third kappa shape index (κ3) is 2.66. The van der Waals surface area contributed by atoms with E-state index >= 15 is 0 Å². The fourth-order valence-electron chi connectivity index (χ4n) is 1.45. The van der Waals surface area contributed by atoms with Crippen LogP contribution in [0.2, 0.25) is 0 Å². The first-order chi connectivity index (χ1) is 7.14. The predicted octanol–water partition coefficient (Wildman–Crippen LogP) is 1.78. The largest absolute Gasteiger partial charge is 0.426 e. The standard InChI is InChI=1S/C9H13N3O2S/c1-3-5-8-10-6-7-12(8,11-4-2)14-9(13)15/h3-4H,1,5-7H2,2H3/p+1. The first-order valence-corrected chi connectivity index (χ1v) is 5.05. The van der Waals surface area contributed by atoms with E-state index < -0.39 is 5.30 Å². The molecular formula is C9H14N3O2S+. The zero-order valence-electron chi connectivity index (χ0n) is 8.59. The third-order valence-electron chi connectivity index (χ3n) is 1.96. The van der Waals surface area contributed by atoms with Gasteiger partial charge in [-0.15, -0.1) is 6.58 Å². The Balaban J connectivity index is 2.94. The van der Waals surface area contributed by atoms with Gasteiger partial charge in [-0.3, -0.25) is 0 Å². The molecule has 82 valence electrons. The molecule has 1 aliphatic heterocycles. The van der Waals surface area contributed by atoms with E-state index in [0.29, 0.717) is 25.3 Å². The molecule has 0 fully saturated rings. The number of amidine groups is 1. The van der Waals surface area contributed by atoms with Crippen LogP contribution in [0, 0.1) is 0 Å². The number of nitrogens with zero attached hydrogens (tertiary/aromatic N) is 3. The SMILES string of the molecule is C=CCC1=NCC[N+]1(N=CC)OC(=O)S. The molecule has 1 unspecified atom stereocenters. The van der Waals surface area contributed by atoms with Gasteiger partial charge in [-0.25, -0.2) is 14.6 Å². The van der Waals surface area contributed by atoms with Crippen LogP contribution in [-0.4, -0.2) is 35.2 Å².